The second-order valence-electron chi connectivity index (χ2n) is 7.16. The van der Waals surface area contributed by atoms with Crippen LogP contribution in [-0.2, 0) is 13.1 Å². The Bertz CT molecular complexity index is 788. The summed E-state index contributed by atoms with van der Waals surface area (Å²) in [5, 5.41) is 0. The molecule has 3 rings (SSSR count). The van der Waals surface area contributed by atoms with Crippen molar-refractivity contribution in [3.8, 4) is 23.0 Å². The molecular weight excluding hydrogens is 368 g/mol. The molecule has 0 aliphatic carbocycles. The van der Waals surface area contributed by atoms with E-state index in [1.807, 2.05) is 19.1 Å². The van der Waals surface area contributed by atoms with Gasteiger partial charge in [0.2, 0.25) is 0 Å². The molecule has 0 aromatic heterocycles. The van der Waals surface area contributed by atoms with Crippen LogP contribution in [0.1, 0.15) is 18.1 Å². The summed E-state index contributed by atoms with van der Waals surface area (Å²) >= 11 is 0. The molecule has 0 amide bonds. The summed E-state index contributed by atoms with van der Waals surface area (Å²) in [6.07, 6.45) is 0. The average molecular weight is 401 g/mol. The van der Waals surface area contributed by atoms with Gasteiger partial charge in [-0.3, -0.25) is 9.80 Å². The fraction of sp³-hybridized carbons (Fsp3) is 0.478. The molecule has 6 nitrogen and oxygen atoms in total. The van der Waals surface area contributed by atoms with Gasteiger partial charge in [0.05, 0.1) is 27.9 Å². The molecule has 0 radical (unpaired) electrons. The monoisotopic (exact) mass is 400 g/mol. The van der Waals surface area contributed by atoms with Gasteiger partial charge in [-0.05, 0) is 42.3 Å². The standard InChI is InChI=1S/C23H32N2O4/c1-5-29-23-15-19(7-9-21(23)27-3)17-25-12-10-24(11-13-25)16-18-6-8-20(26-2)22(14-18)28-4/h6-9,14-15H,5,10-13,16-17H2,1-4H3. The first kappa shape index (κ1) is 21.3. The Balaban J connectivity index is 1.54. The van der Waals surface area contributed by atoms with Gasteiger partial charge in [-0.1, -0.05) is 12.1 Å². The maximum Gasteiger partial charge on any atom is 0.161 e. The zero-order valence-electron chi connectivity index (χ0n) is 17.9. The van der Waals surface area contributed by atoms with Gasteiger partial charge in [0.25, 0.3) is 0 Å². The highest BCUT2D eigenvalue weighted by molar-refractivity contribution is 5.43. The van der Waals surface area contributed by atoms with E-state index in [4.69, 9.17) is 18.9 Å². The van der Waals surface area contributed by atoms with E-state index >= 15 is 0 Å². The van der Waals surface area contributed by atoms with Crippen LogP contribution in [0.4, 0.5) is 0 Å². The molecule has 0 unspecified atom stereocenters. The quantitative estimate of drug-likeness (QED) is 0.643. The number of nitrogens with zero attached hydrogens (tertiary/aromatic N) is 2. The minimum Gasteiger partial charge on any atom is -0.493 e. The molecule has 2 aromatic rings. The zero-order valence-corrected chi connectivity index (χ0v) is 17.9. The molecule has 6 heteroatoms. The molecule has 0 atom stereocenters. The van der Waals surface area contributed by atoms with Crippen LogP contribution in [0.3, 0.4) is 0 Å². The fourth-order valence-electron chi connectivity index (χ4n) is 3.69. The van der Waals surface area contributed by atoms with Crippen LogP contribution in [0.25, 0.3) is 0 Å². The van der Waals surface area contributed by atoms with Crippen molar-refractivity contribution >= 4 is 0 Å². The smallest absolute Gasteiger partial charge is 0.161 e. The van der Waals surface area contributed by atoms with Crippen molar-refractivity contribution in [2.24, 2.45) is 0 Å². The van der Waals surface area contributed by atoms with E-state index in [0.717, 1.165) is 62.3 Å². The lowest BCUT2D eigenvalue weighted by Gasteiger charge is -2.35. The Morgan fingerprint density at radius 1 is 0.655 bits per heavy atom. The number of benzene rings is 2. The van der Waals surface area contributed by atoms with Crippen LogP contribution < -0.4 is 18.9 Å². The topological polar surface area (TPSA) is 43.4 Å². The summed E-state index contributed by atoms with van der Waals surface area (Å²) < 4.78 is 21.8. The third-order valence-electron chi connectivity index (χ3n) is 5.25. The van der Waals surface area contributed by atoms with Crippen LogP contribution >= 0.6 is 0 Å². The molecule has 1 fully saturated rings. The normalized spacial score (nSPS) is 15.2. The van der Waals surface area contributed by atoms with Gasteiger partial charge in [-0.15, -0.1) is 0 Å². The van der Waals surface area contributed by atoms with Crippen molar-refractivity contribution in [1.82, 2.24) is 9.80 Å². The highest BCUT2D eigenvalue weighted by Gasteiger charge is 2.18. The van der Waals surface area contributed by atoms with Crippen molar-refractivity contribution in [2.75, 3.05) is 54.1 Å². The largest absolute Gasteiger partial charge is 0.493 e. The van der Waals surface area contributed by atoms with E-state index in [-0.39, 0.29) is 0 Å². The van der Waals surface area contributed by atoms with Crippen LogP contribution in [0, 0.1) is 0 Å². The number of piperazine rings is 1. The Hall–Kier alpha value is -2.44. The first-order valence-corrected chi connectivity index (χ1v) is 10.1. The Morgan fingerprint density at radius 2 is 1.10 bits per heavy atom. The summed E-state index contributed by atoms with van der Waals surface area (Å²) in [4.78, 5) is 4.97. The number of ether oxygens (including phenoxy) is 4. The van der Waals surface area contributed by atoms with Gasteiger partial charge >= 0.3 is 0 Å². The molecule has 1 aliphatic rings. The second kappa shape index (κ2) is 10.4. The van der Waals surface area contributed by atoms with E-state index in [9.17, 15) is 0 Å². The predicted molar refractivity (Wildman–Crippen MR) is 114 cm³/mol. The van der Waals surface area contributed by atoms with E-state index in [0.29, 0.717) is 6.61 Å². The van der Waals surface area contributed by atoms with Crippen molar-refractivity contribution in [3.63, 3.8) is 0 Å². The Morgan fingerprint density at radius 3 is 1.55 bits per heavy atom. The van der Waals surface area contributed by atoms with Crippen LogP contribution in [0.2, 0.25) is 0 Å². The van der Waals surface area contributed by atoms with Crippen LogP contribution in [-0.4, -0.2) is 63.9 Å². The lowest BCUT2D eigenvalue weighted by atomic mass is 10.1. The SMILES string of the molecule is CCOc1cc(CN2CCN(Cc3ccc(OC)c(OC)c3)CC2)ccc1OC. The van der Waals surface area contributed by atoms with Crippen molar-refractivity contribution < 1.29 is 18.9 Å². The van der Waals surface area contributed by atoms with Gasteiger partial charge < -0.3 is 18.9 Å². The number of hydrogen-bond donors (Lipinski definition) is 0. The van der Waals surface area contributed by atoms with Gasteiger partial charge in [0, 0.05) is 39.3 Å². The Labute approximate surface area is 173 Å². The maximum atomic E-state index is 5.71. The first-order chi connectivity index (χ1) is 14.2. The molecule has 158 valence electrons. The second-order valence-corrected chi connectivity index (χ2v) is 7.16. The van der Waals surface area contributed by atoms with E-state index in [1.165, 1.54) is 11.1 Å². The summed E-state index contributed by atoms with van der Waals surface area (Å²) in [5.74, 6) is 3.16. The lowest BCUT2D eigenvalue weighted by molar-refractivity contribution is 0.122. The minimum atomic E-state index is 0.634. The van der Waals surface area contributed by atoms with Crippen molar-refractivity contribution in [1.29, 1.82) is 0 Å². The van der Waals surface area contributed by atoms with E-state index < -0.39 is 0 Å². The molecule has 1 heterocycles. The molecule has 1 saturated heterocycles. The van der Waals surface area contributed by atoms with Gasteiger partial charge in [0.1, 0.15) is 0 Å². The first-order valence-electron chi connectivity index (χ1n) is 10.1. The highest BCUT2D eigenvalue weighted by Crippen LogP contribution is 2.29. The number of hydrogen-bond acceptors (Lipinski definition) is 6. The highest BCUT2D eigenvalue weighted by atomic mass is 16.5. The van der Waals surface area contributed by atoms with Crippen LogP contribution in [0.5, 0.6) is 23.0 Å². The van der Waals surface area contributed by atoms with Crippen molar-refractivity contribution in [3.05, 3.63) is 47.5 Å². The third kappa shape index (κ3) is 5.55. The molecule has 0 N–H and O–H groups in total. The molecule has 2 aromatic carbocycles. The zero-order chi connectivity index (χ0) is 20.6. The van der Waals surface area contributed by atoms with E-state index in [2.05, 4.69) is 34.1 Å². The summed E-state index contributed by atoms with van der Waals surface area (Å²) in [5.41, 5.74) is 2.50. The molecule has 0 bridgehead atoms. The molecular formula is C23H32N2O4. The van der Waals surface area contributed by atoms with Gasteiger partial charge in [0.15, 0.2) is 23.0 Å². The number of methoxy groups -OCH3 is 3. The van der Waals surface area contributed by atoms with Crippen LogP contribution in [0.15, 0.2) is 36.4 Å². The predicted octanol–water partition coefficient (Wildman–Crippen LogP) is 3.43. The summed E-state index contributed by atoms with van der Waals surface area (Å²) in [6.45, 7) is 8.65. The third-order valence-corrected chi connectivity index (χ3v) is 5.25. The maximum absolute atomic E-state index is 5.71. The number of rotatable bonds is 9. The molecule has 0 spiro atoms. The molecule has 29 heavy (non-hydrogen) atoms. The average Bonchev–Trinajstić information content (AvgIpc) is 2.75. The Kier molecular flexibility index (Phi) is 7.61. The van der Waals surface area contributed by atoms with E-state index in [1.54, 1.807) is 21.3 Å². The summed E-state index contributed by atoms with van der Waals surface area (Å²) in [7, 11) is 5.02. The van der Waals surface area contributed by atoms with Gasteiger partial charge in [-0.2, -0.15) is 0 Å². The molecule has 1 aliphatic heterocycles. The minimum absolute atomic E-state index is 0.634. The lowest BCUT2D eigenvalue weighted by Crippen LogP contribution is -2.45. The summed E-state index contributed by atoms with van der Waals surface area (Å²) in [6, 6.07) is 12.4. The van der Waals surface area contributed by atoms with Crippen molar-refractivity contribution in [2.45, 2.75) is 20.0 Å². The van der Waals surface area contributed by atoms with Gasteiger partial charge in [-0.25, -0.2) is 0 Å². The molecule has 0 saturated carbocycles. The fourth-order valence-corrected chi connectivity index (χ4v) is 3.69.